The highest BCUT2D eigenvalue weighted by molar-refractivity contribution is 5.76. The smallest absolute Gasteiger partial charge is 0.220 e. The minimum atomic E-state index is -1.98. The van der Waals surface area contributed by atoms with Gasteiger partial charge in [-0.2, -0.15) is 0 Å². The molecule has 19 nitrogen and oxygen atoms in total. The van der Waals surface area contributed by atoms with E-state index in [1.165, 1.54) is 122 Å². The Labute approximate surface area is 515 Å². The van der Waals surface area contributed by atoms with Crippen molar-refractivity contribution in [2.75, 3.05) is 26.4 Å². The van der Waals surface area contributed by atoms with E-state index in [-0.39, 0.29) is 18.9 Å². The van der Waals surface area contributed by atoms with E-state index in [2.05, 4.69) is 67.8 Å². The molecule has 0 radical (unpaired) electrons. The van der Waals surface area contributed by atoms with Crippen molar-refractivity contribution in [3.63, 3.8) is 0 Å². The van der Waals surface area contributed by atoms with Crippen LogP contribution in [-0.2, 0) is 33.2 Å². The van der Waals surface area contributed by atoms with E-state index in [1.54, 1.807) is 6.08 Å². The molecule has 0 bridgehead atoms. The van der Waals surface area contributed by atoms with Crippen molar-refractivity contribution in [3.8, 4) is 0 Å². The summed E-state index contributed by atoms with van der Waals surface area (Å²) in [6.07, 6.45) is 33.0. The molecule has 0 spiro atoms. The maximum absolute atomic E-state index is 13.3. The van der Waals surface area contributed by atoms with Crippen LogP contribution in [0.15, 0.2) is 60.8 Å². The van der Waals surface area contributed by atoms with Gasteiger partial charge in [0.05, 0.1) is 38.6 Å². The van der Waals surface area contributed by atoms with E-state index in [1.807, 2.05) is 6.08 Å². The van der Waals surface area contributed by atoms with Crippen LogP contribution in [0.4, 0.5) is 0 Å². The fourth-order valence-electron chi connectivity index (χ4n) is 11.1. The molecule has 500 valence electrons. The molecule has 0 aliphatic carbocycles. The summed E-state index contributed by atoms with van der Waals surface area (Å²) in [6.45, 7) is 1.51. The Morgan fingerprint density at radius 1 is 0.430 bits per heavy atom. The normalized spacial score (nSPS) is 29.2. The predicted molar refractivity (Wildman–Crippen MR) is 332 cm³/mol. The van der Waals surface area contributed by atoms with Crippen molar-refractivity contribution in [1.82, 2.24) is 5.32 Å². The number of hydrogen-bond donors (Lipinski definition) is 12. The van der Waals surface area contributed by atoms with Gasteiger partial charge in [-0.15, -0.1) is 0 Å². The summed E-state index contributed by atoms with van der Waals surface area (Å²) < 4.78 is 34.1. The van der Waals surface area contributed by atoms with Crippen molar-refractivity contribution in [1.29, 1.82) is 0 Å². The van der Waals surface area contributed by atoms with Crippen LogP contribution < -0.4 is 5.32 Å². The Kier molecular flexibility index (Phi) is 44.5. The minimum absolute atomic E-state index is 0.243. The third-order valence-electron chi connectivity index (χ3n) is 16.6. The lowest BCUT2D eigenvalue weighted by Crippen LogP contribution is -2.66. The first-order valence-corrected chi connectivity index (χ1v) is 33.5. The van der Waals surface area contributed by atoms with Crippen LogP contribution in [0.2, 0.25) is 0 Å². The summed E-state index contributed by atoms with van der Waals surface area (Å²) in [5, 5.41) is 120. The lowest BCUT2D eigenvalue weighted by Gasteiger charge is -2.48. The summed E-state index contributed by atoms with van der Waals surface area (Å²) in [5.41, 5.74) is 0. The topological polar surface area (TPSA) is 307 Å². The van der Waals surface area contributed by atoms with Gasteiger partial charge in [-0.3, -0.25) is 4.79 Å². The summed E-state index contributed by atoms with van der Waals surface area (Å²) in [5.74, 6) is -0.280. The summed E-state index contributed by atoms with van der Waals surface area (Å²) in [4.78, 5) is 13.3. The van der Waals surface area contributed by atoms with E-state index in [4.69, 9.17) is 28.4 Å². The minimum Gasteiger partial charge on any atom is -0.394 e. The fraction of sp³-hybridized carbons (Fsp3) is 0.836. The van der Waals surface area contributed by atoms with Gasteiger partial charge in [-0.05, 0) is 57.8 Å². The van der Waals surface area contributed by atoms with Crippen LogP contribution in [0.1, 0.15) is 226 Å². The van der Waals surface area contributed by atoms with E-state index in [0.29, 0.717) is 6.42 Å². The zero-order valence-electron chi connectivity index (χ0n) is 52.5. The number of ether oxygens (including phenoxy) is 6. The first-order valence-electron chi connectivity index (χ1n) is 33.5. The summed E-state index contributed by atoms with van der Waals surface area (Å²) >= 11 is 0. The van der Waals surface area contributed by atoms with Crippen LogP contribution in [-0.4, -0.2) is 193 Å². The van der Waals surface area contributed by atoms with Crippen molar-refractivity contribution in [2.45, 2.75) is 330 Å². The number of rotatable bonds is 50. The van der Waals surface area contributed by atoms with Crippen molar-refractivity contribution in [3.05, 3.63) is 60.8 Å². The standard InChI is InChI=1S/C67H119NO18/c1-3-5-7-9-11-12-13-14-15-16-17-18-19-20-21-22-23-24-25-26-27-28-29-30-31-32-33-34-35-36-37-38-39-41-43-45-55(73)68-50(51(72)44-42-40-10-8-6-4-2)49-81-65-61(79)58(76)63(53(47-70)83-65)86-67-62(80)59(77)64(54(48-71)84-67)85-66-60(78)57(75)56(74)52(46-69)82-66/h5,7,11-12,14-15,17-18,42,44,50-54,56-67,69-72,74-80H,3-4,6,8-10,13,16,19-41,43,45-49H2,1-2H3,(H,68,73)/b7-5-,12-11-,15-14-,18-17-,44-42+. The first-order chi connectivity index (χ1) is 41.8. The molecule has 3 fully saturated rings. The molecule has 0 aromatic rings. The van der Waals surface area contributed by atoms with Gasteiger partial charge in [-0.1, -0.05) is 222 Å². The second-order valence-electron chi connectivity index (χ2n) is 23.9. The molecule has 3 saturated heterocycles. The molecule has 86 heavy (non-hydrogen) atoms. The molecule has 19 heteroatoms. The van der Waals surface area contributed by atoms with Gasteiger partial charge in [0.2, 0.25) is 5.91 Å². The number of allylic oxidation sites excluding steroid dienone is 9. The van der Waals surface area contributed by atoms with Gasteiger partial charge in [0.25, 0.3) is 0 Å². The SMILES string of the molecule is CC/C=C\C/C=C\C/C=C\C/C=C\CCCCCCCCCCCCCCCCCCCCCCCCC(=O)NC(COC1OC(CO)C(OC2OC(CO)C(OC3OC(CO)C(O)C(O)C3O)C(O)C2O)C(O)C1O)C(O)/C=C/CCCCCC. The maximum Gasteiger partial charge on any atom is 0.220 e. The van der Waals surface area contributed by atoms with Crippen LogP contribution in [0.5, 0.6) is 0 Å². The predicted octanol–water partition coefficient (Wildman–Crippen LogP) is 7.99. The molecule has 0 aromatic carbocycles. The van der Waals surface area contributed by atoms with Gasteiger partial charge >= 0.3 is 0 Å². The highest BCUT2D eigenvalue weighted by Crippen LogP contribution is 2.33. The summed E-state index contributed by atoms with van der Waals surface area (Å²) in [6, 6.07) is -0.969. The number of unbranched alkanes of at least 4 members (excludes halogenated alkanes) is 26. The van der Waals surface area contributed by atoms with E-state index < -0.39 is 124 Å². The lowest BCUT2D eigenvalue weighted by molar-refractivity contribution is -0.379. The van der Waals surface area contributed by atoms with Gasteiger partial charge in [0.15, 0.2) is 18.9 Å². The van der Waals surface area contributed by atoms with Gasteiger partial charge < -0.3 is 89.9 Å². The highest BCUT2D eigenvalue weighted by Gasteiger charge is 2.53. The molecule has 3 heterocycles. The van der Waals surface area contributed by atoms with Crippen LogP contribution in [0.25, 0.3) is 0 Å². The van der Waals surface area contributed by atoms with Gasteiger partial charge in [0, 0.05) is 6.42 Å². The number of amides is 1. The Morgan fingerprint density at radius 3 is 1.26 bits per heavy atom. The Hall–Kier alpha value is -2.51. The average Bonchev–Trinajstić information content (AvgIpc) is 2.46. The van der Waals surface area contributed by atoms with Crippen LogP contribution in [0.3, 0.4) is 0 Å². The third-order valence-corrected chi connectivity index (χ3v) is 16.6. The second-order valence-corrected chi connectivity index (χ2v) is 23.9. The number of aliphatic hydroxyl groups is 11. The quantitative estimate of drug-likeness (QED) is 0.0203. The number of carbonyl (C=O) groups is 1. The number of aliphatic hydroxyl groups excluding tert-OH is 11. The molecule has 0 aromatic heterocycles. The zero-order chi connectivity index (χ0) is 62.6. The van der Waals surface area contributed by atoms with Gasteiger partial charge in [0.1, 0.15) is 73.2 Å². The number of carbonyl (C=O) groups excluding carboxylic acids is 1. The molecule has 12 N–H and O–H groups in total. The molecule has 3 aliphatic rings. The third kappa shape index (κ3) is 31.5. The fourth-order valence-corrected chi connectivity index (χ4v) is 11.1. The number of hydrogen-bond acceptors (Lipinski definition) is 18. The van der Waals surface area contributed by atoms with Crippen molar-refractivity contribution >= 4 is 5.91 Å². The number of nitrogens with one attached hydrogen (secondary N) is 1. The zero-order valence-corrected chi connectivity index (χ0v) is 52.5. The molecule has 1 amide bonds. The highest BCUT2D eigenvalue weighted by atomic mass is 16.8. The second kappa shape index (κ2) is 49.2. The molecule has 3 aliphatic heterocycles. The van der Waals surface area contributed by atoms with Gasteiger partial charge in [-0.25, -0.2) is 0 Å². The first kappa shape index (κ1) is 77.7. The largest absolute Gasteiger partial charge is 0.394 e. The van der Waals surface area contributed by atoms with Crippen molar-refractivity contribution < 1.29 is 89.4 Å². The molecule has 0 saturated carbocycles. The lowest BCUT2D eigenvalue weighted by atomic mass is 9.96. The molecular formula is C67H119NO18. The summed E-state index contributed by atoms with van der Waals surface area (Å²) in [7, 11) is 0. The van der Waals surface area contributed by atoms with E-state index in [9.17, 15) is 61.0 Å². The van der Waals surface area contributed by atoms with E-state index in [0.717, 1.165) is 77.0 Å². The molecular weight excluding hydrogens is 1110 g/mol. The Balaban J connectivity index is 1.27. The monoisotopic (exact) mass is 1230 g/mol. The molecule has 3 rings (SSSR count). The van der Waals surface area contributed by atoms with E-state index >= 15 is 0 Å². The maximum atomic E-state index is 13.3. The molecule has 17 unspecified atom stereocenters. The van der Waals surface area contributed by atoms with Crippen LogP contribution in [0, 0.1) is 0 Å². The molecule has 17 atom stereocenters. The Morgan fingerprint density at radius 2 is 0.802 bits per heavy atom. The average molecular weight is 1230 g/mol. The van der Waals surface area contributed by atoms with Crippen LogP contribution >= 0.6 is 0 Å². The Bertz CT molecular complexity index is 1800. The van der Waals surface area contributed by atoms with Crippen molar-refractivity contribution in [2.24, 2.45) is 0 Å².